The van der Waals surface area contributed by atoms with Crippen molar-refractivity contribution in [2.75, 3.05) is 56.9 Å². The van der Waals surface area contributed by atoms with Crippen molar-refractivity contribution in [1.82, 2.24) is 24.4 Å². The summed E-state index contributed by atoms with van der Waals surface area (Å²) >= 11 is 0. The molecule has 44 heavy (non-hydrogen) atoms. The third-order valence-corrected chi connectivity index (χ3v) is 6.83. The van der Waals surface area contributed by atoms with Gasteiger partial charge in [0.25, 0.3) is 6.01 Å². The standard InChI is InChI=1S/C32H41FN8O3/c1-10-29(42)35-24-17-25(28(43-9)18-26(24)40(8)14-13-39(6)7)37-31-34-12-11-23(36-31)21-15-22(33)30-27(16-21)41(19(2)3)32(38-30)44-20(4)5/h10-12,15-20H,1,13-14H2,2-9H3,(H,35,42)(H,34,36,37). The van der Waals surface area contributed by atoms with Crippen molar-refractivity contribution in [2.45, 2.75) is 39.8 Å². The monoisotopic (exact) mass is 604 g/mol. The molecule has 4 aromatic rings. The number of halogens is 1. The van der Waals surface area contributed by atoms with Crippen LogP contribution in [0.5, 0.6) is 11.8 Å². The van der Waals surface area contributed by atoms with Gasteiger partial charge in [-0.15, -0.1) is 0 Å². The van der Waals surface area contributed by atoms with Crippen molar-refractivity contribution in [2.24, 2.45) is 0 Å². The number of aromatic nitrogens is 4. The molecule has 0 spiro atoms. The van der Waals surface area contributed by atoms with Crippen LogP contribution in [-0.2, 0) is 4.79 Å². The third kappa shape index (κ3) is 7.25. The minimum absolute atomic E-state index is 0.0147. The summed E-state index contributed by atoms with van der Waals surface area (Å²) in [4.78, 5) is 29.9. The van der Waals surface area contributed by atoms with E-state index in [4.69, 9.17) is 9.47 Å². The molecule has 2 N–H and O–H groups in total. The summed E-state index contributed by atoms with van der Waals surface area (Å²) < 4.78 is 28.9. The number of rotatable bonds is 13. The van der Waals surface area contributed by atoms with E-state index in [1.807, 2.05) is 70.4 Å². The normalized spacial score (nSPS) is 11.4. The number of carbonyl (C=O) groups excluding carboxylic acids is 1. The van der Waals surface area contributed by atoms with Crippen LogP contribution >= 0.6 is 0 Å². The van der Waals surface area contributed by atoms with Crippen LogP contribution < -0.4 is 25.0 Å². The Hall–Kier alpha value is -4.71. The fraction of sp³-hybridized carbons (Fsp3) is 0.375. The largest absolute Gasteiger partial charge is 0.494 e. The number of benzene rings is 2. The van der Waals surface area contributed by atoms with E-state index in [-0.39, 0.29) is 29.5 Å². The average molecular weight is 605 g/mol. The second-order valence-corrected chi connectivity index (χ2v) is 11.2. The average Bonchev–Trinajstić information content (AvgIpc) is 3.34. The molecule has 0 atom stereocenters. The Kier molecular flexibility index (Phi) is 10.0. The highest BCUT2D eigenvalue weighted by Crippen LogP contribution is 2.38. The molecule has 2 heterocycles. The van der Waals surface area contributed by atoms with Gasteiger partial charge in [0, 0.05) is 44.0 Å². The topological polar surface area (TPSA) is 110 Å². The Morgan fingerprint density at radius 1 is 1.09 bits per heavy atom. The second kappa shape index (κ2) is 13.7. The number of hydrogen-bond donors (Lipinski definition) is 2. The lowest BCUT2D eigenvalue weighted by atomic mass is 10.1. The molecule has 0 aliphatic rings. The molecule has 234 valence electrons. The van der Waals surface area contributed by atoms with E-state index in [9.17, 15) is 4.79 Å². The molecule has 1 amide bonds. The molecule has 0 saturated carbocycles. The van der Waals surface area contributed by atoms with Gasteiger partial charge < -0.3 is 29.9 Å². The number of amides is 1. The van der Waals surface area contributed by atoms with E-state index in [2.05, 4.69) is 37.1 Å². The molecule has 0 fully saturated rings. The highest BCUT2D eigenvalue weighted by Gasteiger charge is 2.21. The van der Waals surface area contributed by atoms with Crippen molar-refractivity contribution in [3.63, 3.8) is 0 Å². The maximum Gasteiger partial charge on any atom is 0.297 e. The zero-order valence-corrected chi connectivity index (χ0v) is 26.6. The lowest BCUT2D eigenvalue weighted by molar-refractivity contribution is -0.111. The third-order valence-electron chi connectivity index (χ3n) is 6.83. The summed E-state index contributed by atoms with van der Waals surface area (Å²) in [5.41, 5.74) is 3.77. The van der Waals surface area contributed by atoms with Crippen molar-refractivity contribution in [3.05, 3.63) is 55.0 Å². The van der Waals surface area contributed by atoms with Crippen LogP contribution in [0.25, 0.3) is 22.3 Å². The minimum atomic E-state index is -0.475. The van der Waals surface area contributed by atoms with Crippen LogP contribution in [-0.4, -0.2) is 77.8 Å². The lowest BCUT2D eigenvalue weighted by Gasteiger charge is -2.26. The van der Waals surface area contributed by atoms with Crippen molar-refractivity contribution in [1.29, 1.82) is 0 Å². The van der Waals surface area contributed by atoms with Gasteiger partial charge in [0.2, 0.25) is 11.9 Å². The summed E-state index contributed by atoms with van der Waals surface area (Å²) in [6.45, 7) is 12.9. The molecule has 0 unspecified atom stereocenters. The van der Waals surface area contributed by atoms with E-state index < -0.39 is 5.82 Å². The number of anilines is 4. The van der Waals surface area contributed by atoms with Gasteiger partial charge in [0.1, 0.15) is 11.3 Å². The van der Waals surface area contributed by atoms with Gasteiger partial charge in [-0.25, -0.2) is 14.4 Å². The van der Waals surface area contributed by atoms with Crippen LogP contribution in [0.3, 0.4) is 0 Å². The zero-order chi connectivity index (χ0) is 32.1. The van der Waals surface area contributed by atoms with Gasteiger partial charge in [-0.2, -0.15) is 4.98 Å². The number of methoxy groups -OCH3 is 1. The molecule has 12 heteroatoms. The van der Waals surface area contributed by atoms with Gasteiger partial charge in [-0.3, -0.25) is 9.36 Å². The molecule has 4 rings (SSSR count). The Balaban J connectivity index is 1.73. The molecule has 0 aliphatic heterocycles. The first kappa shape index (κ1) is 32.2. The fourth-order valence-electron chi connectivity index (χ4n) is 4.68. The summed E-state index contributed by atoms with van der Waals surface area (Å²) in [6.07, 6.45) is 2.69. The van der Waals surface area contributed by atoms with E-state index in [0.717, 1.165) is 12.2 Å². The van der Waals surface area contributed by atoms with Gasteiger partial charge in [-0.1, -0.05) is 6.58 Å². The SMILES string of the molecule is C=CC(=O)Nc1cc(Nc2nccc(-c3cc(F)c4nc(OC(C)C)n(C(C)C)c4c3)n2)c(OC)cc1N(C)CCN(C)C. The molecule has 0 bridgehead atoms. The quantitative estimate of drug-likeness (QED) is 0.181. The lowest BCUT2D eigenvalue weighted by Crippen LogP contribution is -2.29. The smallest absolute Gasteiger partial charge is 0.297 e. The maximum absolute atomic E-state index is 15.4. The van der Waals surface area contributed by atoms with Crippen LogP contribution in [0.15, 0.2) is 49.2 Å². The Bertz CT molecular complexity index is 1650. The summed E-state index contributed by atoms with van der Waals surface area (Å²) in [5.74, 6) is -0.0380. The minimum Gasteiger partial charge on any atom is -0.494 e. The number of imidazole rings is 1. The second-order valence-electron chi connectivity index (χ2n) is 11.2. The highest BCUT2D eigenvalue weighted by molar-refractivity contribution is 6.02. The number of nitrogens with one attached hydrogen (secondary N) is 2. The molecule has 0 aliphatic carbocycles. The summed E-state index contributed by atoms with van der Waals surface area (Å²) in [7, 11) is 7.51. The van der Waals surface area contributed by atoms with Gasteiger partial charge in [0.15, 0.2) is 5.82 Å². The van der Waals surface area contributed by atoms with Gasteiger partial charge in [-0.05, 0) is 72.1 Å². The molecule has 2 aromatic carbocycles. The van der Waals surface area contributed by atoms with Crippen LogP contribution in [0.1, 0.15) is 33.7 Å². The maximum atomic E-state index is 15.4. The van der Waals surface area contributed by atoms with E-state index in [0.29, 0.717) is 46.5 Å². The molecule has 11 nitrogen and oxygen atoms in total. The summed E-state index contributed by atoms with van der Waals surface area (Å²) in [5, 5.41) is 6.09. The van der Waals surface area contributed by atoms with Crippen molar-refractivity contribution >= 4 is 40.0 Å². The molecular formula is C32H41FN8O3. The number of carbonyl (C=O) groups is 1. The highest BCUT2D eigenvalue weighted by atomic mass is 19.1. The number of likely N-dealkylation sites (N-methyl/N-ethyl adjacent to an activating group) is 2. The predicted octanol–water partition coefficient (Wildman–Crippen LogP) is 5.88. The Labute approximate surface area is 257 Å². The first-order valence-corrected chi connectivity index (χ1v) is 14.4. The fourth-order valence-corrected chi connectivity index (χ4v) is 4.68. The van der Waals surface area contributed by atoms with Crippen LogP contribution in [0, 0.1) is 5.82 Å². The van der Waals surface area contributed by atoms with Gasteiger partial charge in [0.05, 0.1) is 41.5 Å². The number of fused-ring (bicyclic) bond motifs is 1. The van der Waals surface area contributed by atoms with Crippen molar-refractivity contribution in [3.8, 4) is 23.0 Å². The van der Waals surface area contributed by atoms with Gasteiger partial charge >= 0.3 is 0 Å². The molecule has 0 radical (unpaired) electrons. The zero-order valence-electron chi connectivity index (χ0n) is 26.6. The summed E-state index contributed by atoms with van der Waals surface area (Å²) in [6, 6.07) is 8.94. The Morgan fingerprint density at radius 2 is 1.84 bits per heavy atom. The number of nitrogens with zero attached hydrogens (tertiary/aromatic N) is 6. The van der Waals surface area contributed by atoms with Crippen LogP contribution in [0.2, 0.25) is 0 Å². The van der Waals surface area contributed by atoms with E-state index in [1.54, 1.807) is 25.4 Å². The number of hydrogen-bond acceptors (Lipinski definition) is 9. The molecular weight excluding hydrogens is 563 g/mol. The van der Waals surface area contributed by atoms with E-state index >= 15 is 4.39 Å². The van der Waals surface area contributed by atoms with Crippen LogP contribution in [0.4, 0.5) is 27.4 Å². The Morgan fingerprint density at radius 3 is 2.48 bits per heavy atom. The molecule has 0 saturated heterocycles. The number of ether oxygens (including phenoxy) is 2. The van der Waals surface area contributed by atoms with E-state index in [1.165, 1.54) is 12.1 Å². The molecule has 2 aromatic heterocycles. The first-order chi connectivity index (χ1) is 20.9. The predicted molar refractivity (Wildman–Crippen MR) is 174 cm³/mol. The van der Waals surface area contributed by atoms with Crippen molar-refractivity contribution < 1.29 is 18.7 Å². The first-order valence-electron chi connectivity index (χ1n) is 14.4.